The summed E-state index contributed by atoms with van der Waals surface area (Å²) in [5.41, 5.74) is 0. The first-order valence-electron chi connectivity index (χ1n) is 29.0. The minimum absolute atomic E-state index is 0.139. The lowest BCUT2D eigenvalue weighted by Crippen LogP contribution is -2.60. The molecule has 0 bridgehead atoms. The Balaban J connectivity index is 2.19. The topological polar surface area (TPSA) is 149 Å². The van der Waals surface area contributed by atoms with Gasteiger partial charge in [-0.3, -0.25) is 4.79 Å². The van der Waals surface area contributed by atoms with Crippen molar-refractivity contribution >= 4 is 5.91 Å². The summed E-state index contributed by atoms with van der Waals surface area (Å²) in [5, 5.41) is 54.7. The molecule has 1 saturated heterocycles. The predicted molar refractivity (Wildman–Crippen MR) is 281 cm³/mol. The van der Waals surface area contributed by atoms with E-state index in [4.69, 9.17) is 9.47 Å². The number of amides is 1. The SMILES string of the molecule is CCCCCC/C=C\C/C=C\CCCCCCCCCC(=O)NC(COC1OC(CO)C(O)C(O)C1O)C(O)CCCCCCCCCCCCCCCCCCCCCCCCCCCC. The van der Waals surface area contributed by atoms with Gasteiger partial charge in [-0.05, 0) is 44.9 Å². The third-order valence-corrected chi connectivity index (χ3v) is 14.1. The van der Waals surface area contributed by atoms with E-state index < -0.39 is 49.5 Å². The van der Waals surface area contributed by atoms with Gasteiger partial charge in [0, 0.05) is 6.42 Å². The van der Waals surface area contributed by atoms with E-state index in [1.807, 2.05) is 0 Å². The number of carbonyl (C=O) groups is 1. The summed E-state index contributed by atoms with van der Waals surface area (Å²) in [5.74, 6) is -0.149. The Morgan fingerprint density at radius 3 is 1.30 bits per heavy atom. The van der Waals surface area contributed by atoms with E-state index >= 15 is 0 Å². The van der Waals surface area contributed by atoms with Gasteiger partial charge >= 0.3 is 0 Å². The molecule has 1 aliphatic rings. The Kier molecular flexibility index (Phi) is 45.9. The fraction of sp³-hybridized carbons (Fsp3) is 0.914. The molecular formula is C58H111NO8. The molecule has 0 saturated carbocycles. The molecule has 0 aromatic heterocycles. The summed E-state index contributed by atoms with van der Waals surface area (Å²) in [4.78, 5) is 13.1. The molecule has 1 rings (SSSR count). The summed E-state index contributed by atoms with van der Waals surface area (Å²) in [6, 6.07) is -0.722. The Morgan fingerprint density at radius 2 is 0.881 bits per heavy atom. The van der Waals surface area contributed by atoms with E-state index in [1.54, 1.807) is 0 Å². The molecule has 9 heteroatoms. The second-order valence-corrected chi connectivity index (χ2v) is 20.4. The Bertz CT molecular complexity index is 1100. The van der Waals surface area contributed by atoms with Crippen LogP contribution in [0.1, 0.15) is 284 Å². The highest BCUT2D eigenvalue weighted by molar-refractivity contribution is 5.76. The van der Waals surface area contributed by atoms with Gasteiger partial charge in [0.1, 0.15) is 24.4 Å². The monoisotopic (exact) mass is 950 g/mol. The van der Waals surface area contributed by atoms with Gasteiger partial charge in [0.2, 0.25) is 5.91 Å². The summed E-state index contributed by atoms with van der Waals surface area (Å²) in [6.07, 6.45) is 53.5. The number of hydrogen-bond acceptors (Lipinski definition) is 8. The summed E-state index contributed by atoms with van der Waals surface area (Å²) in [6.45, 7) is 3.85. The van der Waals surface area contributed by atoms with Crippen LogP contribution in [0.15, 0.2) is 24.3 Å². The Labute approximate surface area is 413 Å². The molecule has 7 atom stereocenters. The van der Waals surface area contributed by atoms with Crippen molar-refractivity contribution < 1.29 is 39.8 Å². The van der Waals surface area contributed by atoms with Crippen molar-refractivity contribution in [3.05, 3.63) is 24.3 Å². The van der Waals surface area contributed by atoms with Gasteiger partial charge in [-0.2, -0.15) is 0 Å². The molecule has 1 aliphatic heterocycles. The quantitative estimate of drug-likeness (QED) is 0.0261. The van der Waals surface area contributed by atoms with Gasteiger partial charge in [0.15, 0.2) is 6.29 Å². The number of allylic oxidation sites excluding steroid dienone is 4. The lowest BCUT2D eigenvalue weighted by Gasteiger charge is -2.40. The molecule has 1 heterocycles. The molecule has 396 valence electrons. The van der Waals surface area contributed by atoms with E-state index in [0.29, 0.717) is 12.8 Å². The van der Waals surface area contributed by atoms with Crippen LogP contribution in [0, 0.1) is 0 Å². The van der Waals surface area contributed by atoms with Crippen LogP contribution in [0.4, 0.5) is 0 Å². The van der Waals surface area contributed by atoms with Crippen LogP contribution < -0.4 is 5.32 Å². The third kappa shape index (κ3) is 38.1. The van der Waals surface area contributed by atoms with Crippen molar-refractivity contribution in [2.45, 2.75) is 326 Å². The molecule has 0 aromatic carbocycles. The van der Waals surface area contributed by atoms with E-state index in [2.05, 4.69) is 43.5 Å². The first kappa shape index (κ1) is 63.7. The Morgan fingerprint density at radius 1 is 0.507 bits per heavy atom. The predicted octanol–water partition coefficient (Wildman–Crippen LogP) is 14.2. The maximum Gasteiger partial charge on any atom is 0.220 e. The van der Waals surface area contributed by atoms with Crippen molar-refractivity contribution in [3.63, 3.8) is 0 Å². The van der Waals surface area contributed by atoms with Crippen LogP contribution >= 0.6 is 0 Å². The summed E-state index contributed by atoms with van der Waals surface area (Å²) in [7, 11) is 0. The zero-order valence-electron chi connectivity index (χ0n) is 43.9. The zero-order valence-corrected chi connectivity index (χ0v) is 43.9. The number of hydrogen-bond donors (Lipinski definition) is 6. The van der Waals surface area contributed by atoms with Crippen LogP contribution in [0.2, 0.25) is 0 Å². The lowest BCUT2D eigenvalue weighted by atomic mass is 9.99. The average Bonchev–Trinajstić information content (AvgIpc) is 3.33. The highest BCUT2D eigenvalue weighted by Gasteiger charge is 2.44. The van der Waals surface area contributed by atoms with E-state index in [9.17, 15) is 30.3 Å². The van der Waals surface area contributed by atoms with Crippen LogP contribution in [-0.4, -0.2) is 87.5 Å². The first-order valence-corrected chi connectivity index (χ1v) is 29.0. The van der Waals surface area contributed by atoms with E-state index in [-0.39, 0.29) is 12.5 Å². The largest absolute Gasteiger partial charge is 0.394 e. The van der Waals surface area contributed by atoms with Crippen molar-refractivity contribution in [1.82, 2.24) is 5.32 Å². The second kappa shape index (κ2) is 48.3. The Hall–Kier alpha value is -1.33. The van der Waals surface area contributed by atoms with Crippen LogP contribution in [-0.2, 0) is 14.3 Å². The fourth-order valence-electron chi connectivity index (χ4n) is 9.43. The minimum Gasteiger partial charge on any atom is -0.394 e. The molecule has 9 nitrogen and oxygen atoms in total. The first-order chi connectivity index (χ1) is 32.8. The maximum atomic E-state index is 13.1. The standard InChI is InChI=1S/C58H111NO8/c1-3-5-7-9-11-13-15-17-19-21-23-24-25-26-27-28-29-30-31-33-35-37-39-41-43-45-47-52(61)51(50-66-58-57(65)56(64)55(63)53(49-60)67-58)59-54(62)48-46-44-42-40-38-36-34-32-22-20-18-16-14-12-10-8-6-4-2/h14,16,20,22,51-53,55-58,60-61,63-65H,3-13,15,17-19,21,23-50H2,1-2H3,(H,59,62)/b16-14-,22-20-. The van der Waals surface area contributed by atoms with Gasteiger partial charge in [0.25, 0.3) is 0 Å². The smallest absolute Gasteiger partial charge is 0.220 e. The summed E-state index contributed by atoms with van der Waals surface area (Å²) < 4.78 is 11.3. The van der Waals surface area contributed by atoms with Gasteiger partial charge < -0.3 is 40.3 Å². The van der Waals surface area contributed by atoms with Crippen molar-refractivity contribution in [1.29, 1.82) is 0 Å². The fourth-order valence-corrected chi connectivity index (χ4v) is 9.43. The van der Waals surface area contributed by atoms with Crippen LogP contribution in [0.3, 0.4) is 0 Å². The molecule has 1 amide bonds. The van der Waals surface area contributed by atoms with Gasteiger partial charge in [-0.1, -0.05) is 256 Å². The maximum absolute atomic E-state index is 13.1. The minimum atomic E-state index is -1.55. The van der Waals surface area contributed by atoms with Crippen LogP contribution in [0.5, 0.6) is 0 Å². The number of carbonyl (C=O) groups excluding carboxylic acids is 1. The van der Waals surface area contributed by atoms with Crippen LogP contribution in [0.25, 0.3) is 0 Å². The molecule has 0 aliphatic carbocycles. The lowest BCUT2D eigenvalue weighted by molar-refractivity contribution is -0.302. The summed E-state index contributed by atoms with van der Waals surface area (Å²) >= 11 is 0. The van der Waals surface area contributed by atoms with E-state index in [1.165, 1.54) is 205 Å². The number of aliphatic hydroxyl groups is 5. The molecule has 6 N–H and O–H groups in total. The molecule has 7 unspecified atom stereocenters. The molecular weight excluding hydrogens is 839 g/mol. The molecule has 0 radical (unpaired) electrons. The average molecular weight is 951 g/mol. The number of rotatable bonds is 50. The van der Waals surface area contributed by atoms with Gasteiger partial charge in [-0.15, -0.1) is 0 Å². The van der Waals surface area contributed by atoms with Gasteiger partial charge in [-0.25, -0.2) is 0 Å². The number of aliphatic hydroxyl groups excluding tert-OH is 5. The number of ether oxygens (including phenoxy) is 2. The number of unbranched alkanes of at least 4 members (excludes halogenated alkanes) is 36. The highest BCUT2D eigenvalue weighted by atomic mass is 16.7. The molecule has 1 fully saturated rings. The molecule has 0 aromatic rings. The van der Waals surface area contributed by atoms with Gasteiger partial charge in [0.05, 0.1) is 25.4 Å². The molecule has 0 spiro atoms. The normalized spacial score (nSPS) is 19.8. The third-order valence-electron chi connectivity index (χ3n) is 14.1. The second-order valence-electron chi connectivity index (χ2n) is 20.4. The highest BCUT2D eigenvalue weighted by Crippen LogP contribution is 2.23. The zero-order chi connectivity index (χ0) is 48.7. The number of nitrogens with one attached hydrogen (secondary N) is 1. The van der Waals surface area contributed by atoms with Crippen molar-refractivity contribution in [2.75, 3.05) is 13.2 Å². The van der Waals surface area contributed by atoms with Crippen molar-refractivity contribution in [3.8, 4) is 0 Å². The molecule has 67 heavy (non-hydrogen) atoms. The van der Waals surface area contributed by atoms with E-state index in [0.717, 1.165) is 51.4 Å². The van der Waals surface area contributed by atoms with Crippen molar-refractivity contribution in [2.24, 2.45) is 0 Å².